The largest absolute Gasteiger partial charge is 0.619 e. The third-order valence-corrected chi connectivity index (χ3v) is 6.41. The lowest BCUT2D eigenvalue weighted by Crippen LogP contribution is -2.21. The Morgan fingerprint density at radius 1 is 1.31 bits per heavy atom. The number of nitrogen functional groups attached to an aromatic ring is 1. The Bertz CT molecular complexity index is 1070. The van der Waals surface area contributed by atoms with Crippen molar-refractivity contribution in [3.05, 3.63) is 41.3 Å². The molecule has 3 atom stereocenters. The first-order valence-electron chi connectivity index (χ1n) is 9.00. The molecule has 0 saturated carbocycles. The fourth-order valence-electron chi connectivity index (χ4n) is 3.38. The van der Waals surface area contributed by atoms with E-state index < -0.39 is 8.17 Å². The second kappa shape index (κ2) is 7.32. The molecule has 1 aromatic carbocycles. The average molecular weight is 439 g/mol. The van der Waals surface area contributed by atoms with Crippen molar-refractivity contribution in [2.24, 2.45) is 0 Å². The summed E-state index contributed by atoms with van der Waals surface area (Å²) >= 11 is 6.08. The highest BCUT2D eigenvalue weighted by molar-refractivity contribution is 7.55. The van der Waals surface area contributed by atoms with Crippen LogP contribution in [0.15, 0.2) is 30.6 Å². The molecule has 12 heteroatoms. The van der Waals surface area contributed by atoms with E-state index in [2.05, 4.69) is 15.0 Å². The molecule has 4 heterocycles. The number of rotatable bonds is 4. The highest BCUT2D eigenvalue weighted by atomic mass is 35.5. The summed E-state index contributed by atoms with van der Waals surface area (Å²) in [5.74, 6) is 0.639. The minimum atomic E-state index is -3.43. The molecule has 10 nitrogen and oxygen atoms in total. The number of hydrogen-bond acceptors (Lipinski definition) is 9. The summed E-state index contributed by atoms with van der Waals surface area (Å²) in [6.45, 7) is 0.366. The van der Waals surface area contributed by atoms with Crippen LogP contribution < -0.4 is 10.3 Å². The first-order chi connectivity index (χ1) is 14.0. The van der Waals surface area contributed by atoms with Gasteiger partial charge >= 0.3 is 8.17 Å². The molecule has 3 N–H and O–H groups in total. The number of imidazole rings is 1. The van der Waals surface area contributed by atoms with Crippen molar-refractivity contribution >= 4 is 36.9 Å². The minimum Gasteiger partial charge on any atom is -0.368 e. The van der Waals surface area contributed by atoms with Gasteiger partial charge in [0.25, 0.3) is 0 Å². The number of ether oxygens (including phenoxy) is 1. The number of fused-ring (bicyclic) bond motifs is 2. The van der Waals surface area contributed by atoms with E-state index in [1.54, 1.807) is 17.0 Å². The van der Waals surface area contributed by atoms with E-state index in [0.717, 1.165) is 12.0 Å². The summed E-state index contributed by atoms with van der Waals surface area (Å²) in [6, 6.07) is 7.36. The number of benzene rings is 1. The Balaban J connectivity index is 1.24. The van der Waals surface area contributed by atoms with E-state index in [0.29, 0.717) is 23.3 Å². The lowest BCUT2D eigenvalue weighted by Gasteiger charge is -2.22. The van der Waals surface area contributed by atoms with Gasteiger partial charge in [0.05, 0.1) is 12.4 Å². The van der Waals surface area contributed by atoms with Crippen molar-refractivity contribution in [1.29, 1.82) is 0 Å². The van der Waals surface area contributed by atoms with Gasteiger partial charge in [-0.1, -0.05) is 29.8 Å². The van der Waals surface area contributed by atoms with Crippen LogP contribution in [0.4, 0.5) is 5.95 Å². The zero-order valence-electron chi connectivity index (χ0n) is 15.1. The van der Waals surface area contributed by atoms with Crippen LogP contribution in [0.25, 0.3) is 11.2 Å². The molecule has 0 amide bonds. The summed E-state index contributed by atoms with van der Waals surface area (Å²) in [5, 5.41) is 0.197. The summed E-state index contributed by atoms with van der Waals surface area (Å²) in [4.78, 5) is 22.9. The zero-order chi connectivity index (χ0) is 20.0. The van der Waals surface area contributed by atoms with Crippen LogP contribution in [-0.2, 0) is 20.4 Å². The molecule has 29 heavy (non-hydrogen) atoms. The molecule has 2 aromatic heterocycles. The van der Waals surface area contributed by atoms with Crippen LogP contribution in [0.3, 0.4) is 0 Å². The van der Waals surface area contributed by atoms with Crippen molar-refractivity contribution in [1.82, 2.24) is 19.5 Å². The number of hydrogen-bond donors (Lipinski definition) is 2. The molecule has 3 unspecified atom stereocenters. The Morgan fingerprint density at radius 3 is 3.07 bits per heavy atom. The van der Waals surface area contributed by atoms with Crippen molar-refractivity contribution in [3.8, 4) is 5.75 Å². The average Bonchev–Trinajstić information content (AvgIpc) is 3.33. The van der Waals surface area contributed by atoms with E-state index in [9.17, 15) is 4.89 Å². The smallest absolute Gasteiger partial charge is 0.368 e. The van der Waals surface area contributed by atoms with Crippen molar-refractivity contribution in [3.63, 3.8) is 0 Å². The topological polar surface area (TPSA) is 127 Å². The van der Waals surface area contributed by atoms with Gasteiger partial charge in [-0.3, -0.25) is 9.09 Å². The Morgan fingerprint density at radius 2 is 2.17 bits per heavy atom. The number of nitrogens with two attached hydrogens (primary N) is 1. The van der Waals surface area contributed by atoms with E-state index in [4.69, 9.17) is 35.6 Å². The van der Waals surface area contributed by atoms with Gasteiger partial charge in [-0.2, -0.15) is 14.9 Å². The fraction of sp³-hybridized carbons (Fsp3) is 0.353. The monoisotopic (exact) mass is 438 g/mol. The lowest BCUT2D eigenvalue weighted by molar-refractivity contribution is -0.0267. The van der Waals surface area contributed by atoms with E-state index in [-0.39, 0.29) is 36.6 Å². The van der Waals surface area contributed by atoms with Gasteiger partial charge in [-0.05, 0) is 18.9 Å². The number of nitrogens with zero attached hydrogens (tertiary/aromatic N) is 4. The van der Waals surface area contributed by atoms with Crippen molar-refractivity contribution < 1.29 is 23.2 Å². The van der Waals surface area contributed by atoms with Crippen molar-refractivity contribution in [2.75, 3.05) is 12.3 Å². The molecule has 0 spiro atoms. The third kappa shape index (κ3) is 3.63. The Labute approximate surface area is 171 Å². The van der Waals surface area contributed by atoms with Gasteiger partial charge in [-0.25, -0.2) is 4.98 Å². The highest BCUT2D eigenvalue weighted by Crippen LogP contribution is 2.61. The second-order valence-corrected chi connectivity index (χ2v) is 8.72. The van der Waals surface area contributed by atoms with Crippen LogP contribution in [0.2, 0.25) is 5.15 Å². The molecule has 0 radical (unpaired) electrons. The quantitative estimate of drug-likeness (QED) is 0.466. The molecule has 1 saturated heterocycles. The van der Waals surface area contributed by atoms with Crippen molar-refractivity contribution in [2.45, 2.75) is 31.8 Å². The molecular weight excluding hydrogens is 421 g/mol. The first kappa shape index (κ1) is 18.9. The maximum atomic E-state index is 10.6. The van der Waals surface area contributed by atoms with Gasteiger partial charge in [0, 0.05) is 5.56 Å². The first-order valence-corrected chi connectivity index (χ1v) is 10.9. The van der Waals surface area contributed by atoms with E-state index in [1.165, 1.54) is 0 Å². The number of anilines is 1. The molecule has 5 rings (SSSR count). The number of aromatic nitrogens is 4. The van der Waals surface area contributed by atoms with Gasteiger partial charge in [0.2, 0.25) is 5.95 Å². The Kier molecular flexibility index (Phi) is 4.78. The SMILES string of the molecule is Nc1nc(Cl)c2ncn(C3CCC(CO[P+]4(O)OCc5ccccc5O4)O3)c2n1. The molecule has 1 fully saturated rings. The predicted molar refractivity (Wildman–Crippen MR) is 105 cm³/mol. The van der Waals surface area contributed by atoms with Gasteiger partial charge in [-0.15, -0.1) is 9.05 Å². The maximum absolute atomic E-state index is 10.6. The van der Waals surface area contributed by atoms with Crippen LogP contribution >= 0.6 is 19.8 Å². The third-order valence-electron chi connectivity index (χ3n) is 4.78. The molecule has 2 aliphatic heterocycles. The molecule has 0 bridgehead atoms. The molecule has 0 aliphatic carbocycles. The van der Waals surface area contributed by atoms with Crippen LogP contribution in [0, 0.1) is 0 Å². The van der Waals surface area contributed by atoms with Gasteiger partial charge < -0.3 is 10.5 Å². The molecule has 3 aromatic rings. The normalized spacial score (nSPS) is 26.4. The lowest BCUT2D eigenvalue weighted by atomic mass is 10.2. The summed E-state index contributed by atoms with van der Waals surface area (Å²) in [6.07, 6.45) is 2.47. The van der Waals surface area contributed by atoms with Crippen LogP contribution in [-0.4, -0.2) is 37.1 Å². The standard InChI is InChI=1S/C17H18ClN5O5P/c18-15-14-16(22-17(19)21-15)23(9-20-14)13-6-5-11(27-13)8-26-29(24)25-7-10-3-1-2-4-12(10)28-29/h1-4,9,11,13,24H,5-8H2,(H2,19,21,22)/q+1. The predicted octanol–water partition coefficient (Wildman–Crippen LogP) is 3.04. The molecule has 152 valence electrons. The summed E-state index contributed by atoms with van der Waals surface area (Å²) in [5.41, 5.74) is 7.54. The van der Waals surface area contributed by atoms with Gasteiger partial charge in [0.15, 0.2) is 16.5 Å². The Hall–Kier alpha value is -2.07. The number of halogens is 1. The van der Waals surface area contributed by atoms with E-state index in [1.807, 2.05) is 18.2 Å². The minimum absolute atomic E-state index is 0.0704. The maximum Gasteiger partial charge on any atom is 0.619 e. The second-order valence-electron chi connectivity index (χ2n) is 6.72. The number of para-hydroxylation sites is 1. The van der Waals surface area contributed by atoms with E-state index >= 15 is 0 Å². The van der Waals surface area contributed by atoms with Gasteiger partial charge in [0.1, 0.15) is 25.0 Å². The summed E-state index contributed by atoms with van der Waals surface area (Å²) in [7, 11) is -3.43. The fourth-order valence-corrected chi connectivity index (χ4v) is 4.86. The molecular formula is C17H18ClN5O5P+. The van der Waals surface area contributed by atoms with Crippen LogP contribution in [0.1, 0.15) is 24.6 Å². The summed E-state index contributed by atoms with van der Waals surface area (Å²) < 4.78 is 24.4. The van der Waals surface area contributed by atoms with Crippen LogP contribution in [0.5, 0.6) is 5.75 Å². The highest BCUT2D eigenvalue weighted by Gasteiger charge is 2.51. The molecule has 2 aliphatic rings. The zero-order valence-corrected chi connectivity index (χ0v) is 16.8.